The summed E-state index contributed by atoms with van der Waals surface area (Å²) in [7, 11) is 5.94. The second-order valence-electron chi connectivity index (χ2n) is 27.3. The number of rotatable bonds is 72. The minimum absolute atomic E-state index is 0.143. The third-order valence-electron chi connectivity index (χ3n) is 16.9. The molecule has 9 nitrogen and oxygen atoms in total. The van der Waals surface area contributed by atoms with Crippen molar-refractivity contribution in [2.75, 3.05) is 47.5 Å². The molecule has 0 aromatic carbocycles. The number of hydrogen-bond donors (Lipinski definition) is 0. The third kappa shape index (κ3) is 76.7. The molecule has 2 atom stereocenters. The van der Waals surface area contributed by atoms with Crippen LogP contribution < -0.4 is 5.11 Å². The molecule has 0 rings (SSSR count). The number of hydrogen-bond acceptors (Lipinski definition) is 8. The molecule has 0 amide bonds. The van der Waals surface area contributed by atoms with E-state index in [0.717, 1.165) is 103 Å². The van der Waals surface area contributed by atoms with Crippen LogP contribution in [0.1, 0.15) is 335 Å². The molecule has 0 bridgehead atoms. The number of likely N-dealkylation sites (N-methyl/N-ethyl adjacent to an activating group) is 1. The van der Waals surface area contributed by atoms with Crippen molar-refractivity contribution in [1.29, 1.82) is 0 Å². The Bertz CT molecular complexity index is 2030. The molecular formula is C86H147NO8. The number of allylic oxidation sites excluding steroid dienone is 22. The minimum atomic E-state index is -1.63. The summed E-state index contributed by atoms with van der Waals surface area (Å²) in [5, 5.41) is 11.9. The number of carbonyl (C=O) groups excluding carboxylic acids is 3. The summed E-state index contributed by atoms with van der Waals surface area (Å²) in [5.74, 6) is -2.28. The number of carboxylic acid groups (broad SMARTS) is 1. The number of ether oxygens (including phenoxy) is 4. The quantitative estimate of drug-likeness (QED) is 0.0195. The van der Waals surface area contributed by atoms with Gasteiger partial charge in [0.2, 0.25) is 0 Å². The summed E-state index contributed by atoms with van der Waals surface area (Å²) in [5.41, 5.74) is 0. The van der Waals surface area contributed by atoms with Crippen LogP contribution in [0, 0.1) is 0 Å². The average Bonchev–Trinajstić information content (AvgIpc) is 3.75. The van der Waals surface area contributed by atoms with Crippen molar-refractivity contribution in [2.45, 2.75) is 347 Å². The predicted molar refractivity (Wildman–Crippen MR) is 407 cm³/mol. The predicted octanol–water partition coefficient (Wildman–Crippen LogP) is 23.9. The fourth-order valence-electron chi connectivity index (χ4n) is 10.9. The normalized spacial score (nSPS) is 13.4. The highest BCUT2D eigenvalue weighted by atomic mass is 16.7. The molecule has 95 heavy (non-hydrogen) atoms. The molecule has 544 valence electrons. The van der Waals surface area contributed by atoms with Crippen LogP contribution in [-0.2, 0) is 33.3 Å². The maximum atomic E-state index is 13.0. The molecule has 0 heterocycles. The minimum Gasteiger partial charge on any atom is -0.545 e. The molecule has 2 unspecified atom stereocenters. The monoisotopic (exact) mass is 1320 g/mol. The van der Waals surface area contributed by atoms with Crippen molar-refractivity contribution < 1.29 is 42.9 Å². The molecule has 0 aliphatic rings. The van der Waals surface area contributed by atoms with Crippen molar-refractivity contribution in [3.8, 4) is 0 Å². The van der Waals surface area contributed by atoms with Gasteiger partial charge in [0.05, 0.1) is 40.3 Å². The maximum absolute atomic E-state index is 13.0. The zero-order valence-corrected chi connectivity index (χ0v) is 62.3. The van der Waals surface area contributed by atoms with Gasteiger partial charge in [0.1, 0.15) is 13.2 Å². The highest BCUT2D eigenvalue weighted by Crippen LogP contribution is 2.18. The van der Waals surface area contributed by atoms with Crippen LogP contribution in [0.5, 0.6) is 0 Å². The fourth-order valence-corrected chi connectivity index (χ4v) is 10.9. The first-order chi connectivity index (χ1) is 46.6. The summed E-state index contributed by atoms with van der Waals surface area (Å²) in [6, 6.07) is 0. The lowest BCUT2D eigenvalue weighted by molar-refractivity contribution is -0.870. The van der Waals surface area contributed by atoms with E-state index in [1.165, 1.54) is 199 Å². The van der Waals surface area contributed by atoms with Crippen LogP contribution in [0.15, 0.2) is 134 Å². The van der Waals surface area contributed by atoms with E-state index < -0.39 is 24.3 Å². The molecule has 0 saturated heterocycles. The Morgan fingerprint density at radius 3 is 0.895 bits per heavy atom. The molecule has 0 aromatic heterocycles. The van der Waals surface area contributed by atoms with Crippen molar-refractivity contribution in [3.63, 3.8) is 0 Å². The van der Waals surface area contributed by atoms with Gasteiger partial charge in [-0.25, -0.2) is 0 Å². The molecular weight excluding hydrogens is 1170 g/mol. The number of esters is 2. The molecule has 9 heteroatoms. The molecule has 0 aromatic rings. The van der Waals surface area contributed by atoms with E-state index in [-0.39, 0.29) is 38.6 Å². The number of aliphatic carboxylic acids is 1. The van der Waals surface area contributed by atoms with Gasteiger partial charge in [-0.1, -0.05) is 340 Å². The van der Waals surface area contributed by atoms with E-state index in [0.29, 0.717) is 17.4 Å². The number of carbonyl (C=O) groups is 3. The first-order valence-corrected chi connectivity index (χ1v) is 39.3. The molecule has 0 aliphatic heterocycles. The zero-order valence-electron chi connectivity index (χ0n) is 62.3. The van der Waals surface area contributed by atoms with Crippen LogP contribution in [0.3, 0.4) is 0 Å². The fraction of sp³-hybridized carbons (Fsp3) is 0.709. The Labute approximate surface area is 586 Å². The lowest BCUT2D eigenvalue weighted by Gasteiger charge is -2.26. The van der Waals surface area contributed by atoms with Gasteiger partial charge in [-0.3, -0.25) is 9.59 Å². The molecule has 0 saturated carbocycles. The number of carboxylic acids is 1. The molecule has 0 N–H and O–H groups in total. The summed E-state index contributed by atoms with van der Waals surface area (Å²) >= 11 is 0. The van der Waals surface area contributed by atoms with Gasteiger partial charge < -0.3 is 33.3 Å². The zero-order chi connectivity index (χ0) is 69.0. The first-order valence-electron chi connectivity index (χ1n) is 39.3. The molecule has 0 aliphatic carbocycles. The van der Waals surface area contributed by atoms with Crippen LogP contribution in [-0.4, -0.2) is 82.3 Å². The largest absolute Gasteiger partial charge is 0.545 e. The van der Waals surface area contributed by atoms with Crippen LogP contribution >= 0.6 is 0 Å². The third-order valence-corrected chi connectivity index (χ3v) is 16.9. The smallest absolute Gasteiger partial charge is 0.306 e. The van der Waals surface area contributed by atoms with E-state index in [2.05, 4.69) is 148 Å². The van der Waals surface area contributed by atoms with E-state index >= 15 is 0 Å². The van der Waals surface area contributed by atoms with Gasteiger partial charge in [-0.2, -0.15) is 0 Å². The van der Waals surface area contributed by atoms with E-state index in [9.17, 15) is 19.5 Å². The number of nitrogens with zero attached hydrogens (tertiary/aromatic N) is 1. The van der Waals surface area contributed by atoms with Gasteiger partial charge >= 0.3 is 11.9 Å². The number of quaternary nitrogens is 1. The maximum Gasteiger partial charge on any atom is 0.306 e. The van der Waals surface area contributed by atoms with Gasteiger partial charge in [-0.15, -0.1) is 0 Å². The molecule has 0 spiro atoms. The van der Waals surface area contributed by atoms with Gasteiger partial charge in [-0.05, 0) is 116 Å². The van der Waals surface area contributed by atoms with E-state index in [1.807, 2.05) is 21.1 Å². The second kappa shape index (κ2) is 75.2. The SMILES string of the molecule is CC/C=C\C/C=C\C/C=C\C/C=C\C/C=C\C/C=C\C/C=C\C/C=C\CCCCCCCCCCCCCCC(=O)OC(COC(=O)CCCCCCCCCCCCCCCCCCCC/C=C\C/C=C\C/C=C\CCCCCCC)COC(OCC[N+](C)(C)C)C(=O)[O-]. The Morgan fingerprint density at radius 2 is 0.600 bits per heavy atom. The van der Waals surface area contributed by atoms with Gasteiger partial charge in [0, 0.05) is 12.8 Å². The standard InChI is InChI=1S/C86H147NO8/c1-6-8-10-12-14-16-18-20-22-24-26-28-30-32-34-36-38-40-41-42-43-45-47-49-51-53-55-57-59-61-63-65-67-69-71-73-75-77-84(89)95-82(81-94-86(85(90)91)92-79-78-87(3,4)5)80-93-83(88)76-74-72-70-68-66-64-62-60-58-56-54-52-50-48-46-44-39-37-35-33-31-29-27-25-23-21-19-17-15-13-11-9-7-2/h8,10,14,16,19-22,25-28,31-34,38,40,42-43,47,49,82,86H,6-7,9,11-13,15,17-18,23-24,29-30,35-37,39,41,44-46,48,50-81H2,1-5H3/b10-8-,16-14-,21-19-,22-20-,27-25-,28-26-,33-31-,34-32-,40-38-,43-42-,49-47-. The molecule has 0 fully saturated rings. The van der Waals surface area contributed by atoms with Crippen LogP contribution in [0.25, 0.3) is 0 Å². The van der Waals surface area contributed by atoms with Crippen LogP contribution in [0.2, 0.25) is 0 Å². The van der Waals surface area contributed by atoms with E-state index in [4.69, 9.17) is 18.9 Å². The highest BCUT2D eigenvalue weighted by Gasteiger charge is 2.22. The van der Waals surface area contributed by atoms with Crippen molar-refractivity contribution in [1.82, 2.24) is 0 Å². The first kappa shape index (κ1) is 90.4. The summed E-state index contributed by atoms with van der Waals surface area (Å²) < 4.78 is 22.9. The Balaban J connectivity index is 4.08. The number of unbranched alkanes of at least 4 members (excludes halogenated alkanes) is 35. The Morgan fingerprint density at radius 1 is 0.326 bits per heavy atom. The van der Waals surface area contributed by atoms with E-state index in [1.54, 1.807) is 0 Å². The second-order valence-corrected chi connectivity index (χ2v) is 27.3. The van der Waals surface area contributed by atoms with Gasteiger partial charge in [0.25, 0.3) is 0 Å². The van der Waals surface area contributed by atoms with Crippen molar-refractivity contribution in [3.05, 3.63) is 134 Å². The lowest BCUT2D eigenvalue weighted by Crippen LogP contribution is -2.44. The lowest BCUT2D eigenvalue weighted by atomic mass is 10.0. The summed E-state index contributed by atoms with van der Waals surface area (Å²) in [4.78, 5) is 37.6. The molecule has 0 radical (unpaired) electrons. The summed E-state index contributed by atoms with van der Waals surface area (Å²) in [6.07, 6.45) is 106. The van der Waals surface area contributed by atoms with Crippen molar-refractivity contribution in [2.24, 2.45) is 0 Å². The Kier molecular flexibility index (Phi) is 71.6. The average molecular weight is 1320 g/mol. The summed E-state index contributed by atoms with van der Waals surface area (Å²) in [6.45, 7) is 4.65. The van der Waals surface area contributed by atoms with Crippen LogP contribution in [0.4, 0.5) is 0 Å². The van der Waals surface area contributed by atoms with Crippen molar-refractivity contribution >= 4 is 17.9 Å². The highest BCUT2D eigenvalue weighted by molar-refractivity contribution is 5.70. The van der Waals surface area contributed by atoms with Gasteiger partial charge in [0.15, 0.2) is 12.4 Å². The Hall–Kier alpha value is -4.57. The topological polar surface area (TPSA) is 111 Å².